The van der Waals surface area contributed by atoms with Gasteiger partial charge in [0.25, 0.3) is 5.91 Å². The van der Waals surface area contributed by atoms with E-state index in [1.54, 1.807) is 51.1 Å². The minimum Gasteiger partial charge on any atom is -0.388 e. The number of hydrogen-bond acceptors (Lipinski definition) is 5. The van der Waals surface area contributed by atoms with Crippen LogP contribution in [0.4, 0.5) is 0 Å². The average molecular weight is 365 g/mol. The van der Waals surface area contributed by atoms with Gasteiger partial charge in [-0.05, 0) is 41.5 Å². The molecule has 0 spiro atoms. The van der Waals surface area contributed by atoms with Gasteiger partial charge in [0.05, 0.1) is 18.3 Å². The van der Waals surface area contributed by atoms with Crippen molar-refractivity contribution < 1.29 is 23.7 Å². The Morgan fingerprint density at radius 3 is 2.12 bits per heavy atom. The van der Waals surface area contributed by atoms with Crippen LogP contribution in [0.2, 0.25) is 0 Å². The van der Waals surface area contributed by atoms with Crippen molar-refractivity contribution in [2.45, 2.75) is 58.8 Å². The molecule has 1 aliphatic rings. The summed E-state index contributed by atoms with van der Waals surface area (Å²) in [6.07, 6.45) is -0.227. The molecule has 0 aromatic carbocycles. The molecule has 0 aromatic heterocycles. The Kier molecular flexibility index (Phi) is 7.01. The van der Waals surface area contributed by atoms with Gasteiger partial charge in [-0.3, -0.25) is 9.36 Å². The standard InChI is InChI=1S/C15H32N3O5P/c1-12(2)23-24(16,21)18-9-7-17(8-10-18)13(19)15(5,6)22-11-14(3,4)20/h12,20H,7-11H2,1-6H3,(H2,16,21). The molecule has 1 atom stereocenters. The van der Waals surface area contributed by atoms with Crippen molar-refractivity contribution in [1.29, 1.82) is 0 Å². The van der Waals surface area contributed by atoms with E-state index < -0.39 is 18.9 Å². The van der Waals surface area contributed by atoms with Gasteiger partial charge in [-0.15, -0.1) is 0 Å². The van der Waals surface area contributed by atoms with Crippen LogP contribution in [0.5, 0.6) is 0 Å². The molecular formula is C15H32N3O5P. The van der Waals surface area contributed by atoms with Gasteiger partial charge in [-0.2, -0.15) is 0 Å². The zero-order chi connectivity index (χ0) is 18.8. The summed E-state index contributed by atoms with van der Waals surface area (Å²) in [6.45, 7) is 11.8. The SMILES string of the molecule is CC(C)OP(N)(=O)N1CCN(C(=O)C(C)(C)OCC(C)(C)O)CC1. The van der Waals surface area contributed by atoms with Crippen LogP contribution in [0, 0.1) is 0 Å². The van der Waals surface area contributed by atoms with Crippen LogP contribution in [0.3, 0.4) is 0 Å². The summed E-state index contributed by atoms with van der Waals surface area (Å²) >= 11 is 0. The minimum atomic E-state index is -3.33. The van der Waals surface area contributed by atoms with Gasteiger partial charge in [-0.1, -0.05) is 0 Å². The lowest BCUT2D eigenvalue weighted by Crippen LogP contribution is -2.55. The number of rotatable bonds is 7. The topological polar surface area (TPSA) is 105 Å². The van der Waals surface area contributed by atoms with Crippen molar-refractivity contribution in [3.63, 3.8) is 0 Å². The fourth-order valence-electron chi connectivity index (χ4n) is 2.35. The second-order valence-electron chi connectivity index (χ2n) is 7.58. The Morgan fingerprint density at radius 1 is 1.21 bits per heavy atom. The van der Waals surface area contributed by atoms with Gasteiger partial charge in [0.15, 0.2) is 0 Å². The lowest BCUT2D eigenvalue weighted by atomic mass is 10.1. The van der Waals surface area contributed by atoms with E-state index in [1.165, 1.54) is 0 Å². The second kappa shape index (κ2) is 7.81. The molecule has 1 amide bonds. The van der Waals surface area contributed by atoms with Gasteiger partial charge in [0, 0.05) is 26.2 Å². The number of nitrogens with zero attached hydrogens (tertiary/aromatic N) is 2. The Morgan fingerprint density at radius 2 is 1.71 bits per heavy atom. The van der Waals surface area contributed by atoms with Crippen LogP contribution in [0.25, 0.3) is 0 Å². The molecule has 1 rings (SSSR count). The summed E-state index contributed by atoms with van der Waals surface area (Å²) in [5.41, 5.74) is 3.76. The van der Waals surface area contributed by atoms with Crippen molar-refractivity contribution in [2.24, 2.45) is 5.50 Å². The Labute approximate surface area is 144 Å². The third-order valence-corrected chi connectivity index (χ3v) is 5.51. The second-order valence-corrected chi connectivity index (χ2v) is 9.48. The fraction of sp³-hybridized carbons (Fsp3) is 0.933. The quantitative estimate of drug-likeness (QED) is 0.653. The third kappa shape index (κ3) is 6.43. The first-order chi connectivity index (χ1) is 10.7. The van der Waals surface area contributed by atoms with E-state index in [4.69, 9.17) is 14.8 Å². The van der Waals surface area contributed by atoms with Gasteiger partial charge in [0.2, 0.25) is 0 Å². The van der Waals surface area contributed by atoms with Crippen LogP contribution < -0.4 is 5.50 Å². The van der Waals surface area contributed by atoms with E-state index >= 15 is 0 Å². The van der Waals surface area contributed by atoms with Crippen molar-refractivity contribution >= 4 is 13.6 Å². The van der Waals surface area contributed by atoms with Crippen LogP contribution in [-0.2, 0) is 18.6 Å². The molecule has 0 bridgehead atoms. The number of hydrogen-bond donors (Lipinski definition) is 2. The number of aliphatic hydroxyl groups is 1. The van der Waals surface area contributed by atoms with Gasteiger partial charge >= 0.3 is 7.67 Å². The van der Waals surface area contributed by atoms with Crippen LogP contribution in [0.1, 0.15) is 41.5 Å². The maximum atomic E-state index is 12.6. The summed E-state index contributed by atoms with van der Waals surface area (Å²) in [4.78, 5) is 14.3. The zero-order valence-corrected chi connectivity index (χ0v) is 16.5. The zero-order valence-electron chi connectivity index (χ0n) is 15.6. The molecule has 1 heterocycles. The molecule has 142 valence electrons. The molecule has 0 saturated carbocycles. The molecule has 0 aliphatic carbocycles. The molecular weight excluding hydrogens is 333 g/mol. The first kappa shape index (κ1) is 21.5. The highest BCUT2D eigenvalue weighted by Crippen LogP contribution is 2.44. The normalized spacial score (nSPS) is 20.3. The highest BCUT2D eigenvalue weighted by Gasteiger charge is 2.38. The maximum absolute atomic E-state index is 12.6. The monoisotopic (exact) mass is 365 g/mol. The van der Waals surface area contributed by atoms with E-state index in [0.29, 0.717) is 26.2 Å². The van der Waals surface area contributed by atoms with Crippen LogP contribution in [-0.4, -0.2) is 70.7 Å². The summed E-state index contributed by atoms with van der Waals surface area (Å²) in [5.74, 6) is -0.164. The number of amides is 1. The molecule has 24 heavy (non-hydrogen) atoms. The predicted octanol–water partition coefficient (Wildman–Crippen LogP) is 1.19. The maximum Gasteiger partial charge on any atom is 0.341 e. The Bertz CT molecular complexity index is 482. The highest BCUT2D eigenvalue weighted by molar-refractivity contribution is 7.53. The number of carbonyl (C=O) groups excluding carboxylic acids is 1. The molecule has 1 unspecified atom stereocenters. The summed E-state index contributed by atoms with van der Waals surface area (Å²) in [5, 5.41) is 9.75. The van der Waals surface area contributed by atoms with E-state index in [-0.39, 0.29) is 18.6 Å². The fourth-order valence-corrected chi connectivity index (χ4v) is 3.82. The summed E-state index contributed by atoms with van der Waals surface area (Å²) < 4.78 is 24.9. The largest absolute Gasteiger partial charge is 0.388 e. The molecule has 1 fully saturated rings. The van der Waals surface area contributed by atoms with Crippen molar-refractivity contribution in [1.82, 2.24) is 9.57 Å². The predicted molar refractivity (Wildman–Crippen MR) is 92.5 cm³/mol. The number of nitrogens with two attached hydrogens (primary N) is 1. The lowest BCUT2D eigenvalue weighted by molar-refractivity contribution is -0.162. The summed E-state index contributed by atoms with van der Waals surface area (Å²) in [7, 11) is -3.33. The molecule has 8 nitrogen and oxygen atoms in total. The van der Waals surface area contributed by atoms with E-state index in [1.807, 2.05) is 0 Å². The summed E-state index contributed by atoms with van der Waals surface area (Å²) in [6, 6.07) is 0. The van der Waals surface area contributed by atoms with Crippen LogP contribution >= 0.6 is 7.67 Å². The Balaban J connectivity index is 2.60. The average Bonchev–Trinajstić information content (AvgIpc) is 2.42. The lowest BCUT2D eigenvalue weighted by Gasteiger charge is -2.40. The number of carbonyl (C=O) groups is 1. The van der Waals surface area contributed by atoms with Crippen molar-refractivity contribution in [3.8, 4) is 0 Å². The molecule has 3 N–H and O–H groups in total. The first-order valence-electron chi connectivity index (χ1n) is 8.23. The highest BCUT2D eigenvalue weighted by atomic mass is 31.2. The third-order valence-electron chi connectivity index (χ3n) is 3.60. The smallest absolute Gasteiger partial charge is 0.341 e. The van der Waals surface area contributed by atoms with Gasteiger partial charge in [0.1, 0.15) is 5.60 Å². The first-order valence-corrected chi connectivity index (χ1v) is 9.87. The Hall–Kier alpha value is -0.500. The van der Waals surface area contributed by atoms with E-state index in [0.717, 1.165) is 0 Å². The molecule has 1 aliphatic heterocycles. The molecule has 1 saturated heterocycles. The molecule has 0 radical (unpaired) electrons. The van der Waals surface area contributed by atoms with E-state index in [2.05, 4.69) is 0 Å². The number of piperazine rings is 1. The van der Waals surface area contributed by atoms with Crippen LogP contribution in [0.15, 0.2) is 0 Å². The van der Waals surface area contributed by atoms with Crippen molar-refractivity contribution in [3.05, 3.63) is 0 Å². The molecule has 0 aromatic rings. The van der Waals surface area contributed by atoms with Gasteiger partial charge in [-0.25, -0.2) is 10.2 Å². The van der Waals surface area contributed by atoms with E-state index in [9.17, 15) is 14.5 Å². The number of ether oxygens (including phenoxy) is 1. The molecule has 9 heteroatoms. The van der Waals surface area contributed by atoms with Crippen molar-refractivity contribution in [2.75, 3.05) is 32.8 Å². The minimum absolute atomic E-state index is 0.0614. The van der Waals surface area contributed by atoms with Gasteiger partial charge < -0.3 is 19.3 Å².